The maximum atomic E-state index is 5.86. The molecule has 80 valence electrons. The largest absolute Gasteiger partial charge is 0.330 e. The van der Waals surface area contributed by atoms with Crippen LogP contribution in [0.3, 0.4) is 0 Å². The van der Waals surface area contributed by atoms with Crippen molar-refractivity contribution in [3.8, 4) is 0 Å². The van der Waals surface area contributed by atoms with E-state index in [1.165, 1.54) is 12.8 Å². The molecule has 1 saturated carbocycles. The Morgan fingerprint density at radius 2 is 2.14 bits per heavy atom. The predicted octanol–water partition coefficient (Wildman–Crippen LogP) is 2.96. The second-order valence-electron chi connectivity index (χ2n) is 6.29. The Morgan fingerprint density at radius 3 is 2.57 bits per heavy atom. The summed E-state index contributed by atoms with van der Waals surface area (Å²) in [6, 6.07) is 0. The van der Waals surface area contributed by atoms with Crippen molar-refractivity contribution in [3.63, 3.8) is 0 Å². The molecule has 0 aromatic carbocycles. The van der Waals surface area contributed by atoms with E-state index >= 15 is 0 Å². The van der Waals surface area contributed by atoms with E-state index in [4.69, 9.17) is 5.73 Å². The van der Waals surface area contributed by atoms with E-state index in [9.17, 15) is 0 Å². The Morgan fingerprint density at radius 1 is 1.50 bits per heavy atom. The number of nitrogens with two attached hydrogens (primary N) is 1. The fraction of sp³-hybridized carbons (Fsp3) is 0.846. The van der Waals surface area contributed by atoms with Crippen molar-refractivity contribution in [1.29, 1.82) is 0 Å². The molecule has 1 nitrogen and oxygen atoms in total. The maximum Gasteiger partial charge on any atom is 0.00117 e. The van der Waals surface area contributed by atoms with Crippen molar-refractivity contribution in [2.24, 2.45) is 28.4 Å². The Bertz CT molecular complexity index is 273. The first-order valence-electron chi connectivity index (χ1n) is 5.80. The third-order valence-corrected chi connectivity index (χ3v) is 4.76. The lowest BCUT2D eigenvalue weighted by molar-refractivity contribution is -0.0183. The second kappa shape index (κ2) is 2.85. The zero-order valence-electron chi connectivity index (χ0n) is 9.93. The van der Waals surface area contributed by atoms with E-state index in [0.717, 1.165) is 18.4 Å². The minimum absolute atomic E-state index is 0.216. The Balaban J connectivity index is 2.27. The predicted molar refractivity (Wildman–Crippen MR) is 60.9 cm³/mol. The summed E-state index contributed by atoms with van der Waals surface area (Å²) in [5.41, 5.74) is 8.25. The van der Waals surface area contributed by atoms with Gasteiger partial charge in [-0.05, 0) is 35.5 Å². The molecule has 0 amide bonds. The van der Waals surface area contributed by atoms with Gasteiger partial charge in [-0.25, -0.2) is 0 Å². The Hall–Kier alpha value is -0.300. The molecule has 0 saturated heterocycles. The molecule has 0 aliphatic heterocycles. The van der Waals surface area contributed by atoms with Crippen LogP contribution in [0, 0.1) is 22.7 Å². The van der Waals surface area contributed by atoms with Gasteiger partial charge in [-0.1, -0.05) is 39.3 Å². The lowest BCUT2D eigenvalue weighted by Crippen LogP contribution is -2.51. The summed E-state index contributed by atoms with van der Waals surface area (Å²) in [7, 11) is 0. The number of rotatable bonds is 2. The van der Waals surface area contributed by atoms with E-state index in [-0.39, 0.29) is 5.41 Å². The van der Waals surface area contributed by atoms with Crippen molar-refractivity contribution >= 4 is 0 Å². The number of hydrogen-bond acceptors (Lipinski definition) is 1. The van der Waals surface area contributed by atoms with Crippen molar-refractivity contribution in [1.82, 2.24) is 0 Å². The molecule has 0 radical (unpaired) electrons. The molecule has 3 aliphatic rings. The summed E-state index contributed by atoms with van der Waals surface area (Å²) in [5, 5.41) is 0. The van der Waals surface area contributed by atoms with E-state index < -0.39 is 0 Å². The highest BCUT2D eigenvalue weighted by Gasteiger charge is 2.53. The second-order valence-corrected chi connectivity index (χ2v) is 6.29. The third kappa shape index (κ3) is 1.18. The van der Waals surface area contributed by atoms with Crippen LogP contribution in [0.1, 0.15) is 40.5 Å². The Kier molecular flexibility index (Phi) is 2.08. The average molecular weight is 193 g/mol. The highest BCUT2D eigenvalue weighted by molar-refractivity contribution is 5.28. The van der Waals surface area contributed by atoms with Gasteiger partial charge in [-0.3, -0.25) is 0 Å². The molecule has 3 aliphatic carbocycles. The van der Waals surface area contributed by atoms with Crippen LogP contribution in [-0.4, -0.2) is 6.54 Å². The molecule has 0 heterocycles. The number of fused-ring (bicyclic) bond motifs is 1. The molecule has 2 unspecified atom stereocenters. The van der Waals surface area contributed by atoms with Crippen molar-refractivity contribution in [2.45, 2.75) is 40.5 Å². The van der Waals surface area contributed by atoms with Crippen molar-refractivity contribution in [2.75, 3.05) is 6.54 Å². The van der Waals surface area contributed by atoms with Crippen LogP contribution in [0.2, 0.25) is 0 Å². The van der Waals surface area contributed by atoms with Gasteiger partial charge in [0.1, 0.15) is 0 Å². The van der Waals surface area contributed by atoms with E-state index in [0.29, 0.717) is 5.41 Å². The lowest BCUT2D eigenvalue weighted by atomic mass is 9.46. The van der Waals surface area contributed by atoms with Gasteiger partial charge in [-0.15, -0.1) is 0 Å². The first kappa shape index (κ1) is 10.2. The van der Waals surface area contributed by atoms with Gasteiger partial charge in [0, 0.05) is 6.54 Å². The molecule has 2 atom stereocenters. The van der Waals surface area contributed by atoms with E-state index in [2.05, 4.69) is 33.8 Å². The summed E-state index contributed by atoms with van der Waals surface area (Å²) in [6.45, 7) is 10.2. The molecular weight excluding hydrogens is 170 g/mol. The molecule has 14 heavy (non-hydrogen) atoms. The smallest absolute Gasteiger partial charge is 0.00117 e. The highest BCUT2D eigenvalue weighted by atomic mass is 14.6. The Labute approximate surface area is 87.8 Å². The maximum absolute atomic E-state index is 5.86. The van der Waals surface area contributed by atoms with Gasteiger partial charge >= 0.3 is 0 Å². The molecule has 0 aromatic rings. The summed E-state index contributed by atoms with van der Waals surface area (Å²) < 4.78 is 0. The van der Waals surface area contributed by atoms with Gasteiger partial charge in [-0.2, -0.15) is 0 Å². The van der Waals surface area contributed by atoms with Crippen LogP contribution in [-0.2, 0) is 0 Å². The molecule has 1 fully saturated rings. The standard InChI is InChI=1S/C13H23N/c1-12(2,8-14)10-6-5-9-7-11(10)13(9,3)4/h6,9,11H,5,7-8,14H2,1-4H3. The third-order valence-electron chi connectivity index (χ3n) is 4.76. The fourth-order valence-electron chi connectivity index (χ4n) is 3.22. The quantitative estimate of drug-likeness (QED) is 0.670. The van der Waals surface area contributed by atoms with Gasteiger partial charge in [0.05, 0.1) is 0 Å². The minimum atomic E-state index is 0.216. The number of allylic oxidation sites excluding steroid dienone is 1. The summed E-state index contributed by atoms with van der Waals surface area (Å²) in [4.78, 5) is 0. The SMILES string of the molecule is CC(C)(CN)C1=CCC2CC1C2(C)C. The molecule has 2 N–H and O–H groups in total. The molecule has 0 aromatic heterocycles. The molecule has 3 rings (SSSR count). The van der Waals surface area contributed by atoms with E-state index in [1.807, 2.05) is 0 Å². The first-order valence-corrected chi connectivity index (χ1v) is 5.80. The van der Waals surface area contributed by atoms with Crippen LogP contribution >= 0.6 is 0 Å². The van der Waals surface area contributed by atoms with Gasteiger partial charge in [0.25, 0.3) is 0 Å². The number of hydrogen-bond donors (Lipinski definition) is 1. The van der Waals surface area contributed by atoms with E-state index in [1.54, 1.807) is 5.57 Å². The molecule has 0 spiro atoms. The lowest BCUT2D eigenvalue weighted by Gasteiger charge is -2.59. The zero-order chi connectivity index (χ0) is 10.6. The molecular formula is C13H23N. The fourth-order valence-corrected chi connectivity index (χ4v) is 3.22. The summed E-state index contributed by atoms with van der Waals surface area (Å²) >= 11 is 0. The topological polar surface area (TPSA) is 26.0 Å². The summed E-state index contributed by atoms with van der Waals surface area (Å²) in [6.07, 6.45) is 5.15. The zero-order valence-corrected chi connectivity index (χ0v) is 9.93. The van der Waals surface area contributed by atoms with Crippen molar-refractivity contribution < 1.29 is 0 Å². The monoisotopic (exact) mass is 193 g/mol. The van der Waals surface area contributed by atoms with Crippen LogP contribution < -0.4 is 5.73 Å². The van der Waals surface area contributed by atoms with Crippen molar-refractivity contribution in [3.05, 3.63) is 11.6 Å². The van der Waals surface area contributed by atoms with Crippen LogP contribution in [0.25, 0.3) is 0 Å². The molecule has 1 heteroatoms. The van der Waals surface area contributed by atoms with Crippen LogP contribution in [0.4, 0.5) is 0 Å². The van der Waals surface area contributed by atoms with Gasteiger partial charge in [0.15, 0.2) is 0 Å². The molecule has 2 bridgehead atoms. The highest BCUT2D eigenvalue weighted by Crippen LogP contribution is 2.61. The first-order chi connectivity index (χ1) is 6.39. The normalized spacial score (nSPS) is 34.8. The average Bonchev–Trinajstić information content (AvgIpc) is 2.17. The summed E-state index contributed by atoms with van der Waals surface area (Å²) in [5.74, 6) is 1.74. The van der Waals surface area contributed by atoms with Gasteiger partial charge < -0.3 is 5.73 Å². The van der Waals surface area contributed by atoms with Gasteiger partial charge in [0.2, 0.25) is 0 Å². The van der Waals surface area contributed by atoms with Crippen LogP contribution in [0.15, 0.2) is 11.6 Å². The minimum Gasteiger partial charge on any atom is -0.330 e. The van der Waals surface area contributed by atoms with Crippen LogP contribution in [0.5, 0.6) is 0 Å².